The van der Waals surface area contributed by atoms with Crippen molar-refractivity contribution >= 4 is 28.8 Å². The van der Waals surface area contributed by atoms with E-state index in [0.717, 1.165) is 4.88 Å². The van der Waals surface area contributed by atoms with E-state index in [1.807, 2.05) is 22.4 Å². The second-order valence-electron chi connectivity index (χ2n) is 5.61. The van der Waals surface area contributed by atoms with Gasteiger partial charge in [-0.15, -0.1) is 11.3 Å². The molecule has 1 fully saturated rings. The lowest BCUT2D eigenvalue weighted by molar-refractivity contribution is -0.115. The first-order valence-corrected chi connectivity index (χ1v) is 8.89. The zero-order valence-electron chi connectivity index (χ0n) is 13.5. The Hall–Kier alpha value is -2.18. The van der Waals surface area contributed by atoms with Crippen LogP contribution in [0.5, 0.6) is 0 Å². The maximum absolute atomic E-state index is 12.8. The zero-order chi connectivity index (χ0) is 16.9. The first-order chi connectivity index (χ1) is 11.7. The van der Waals surface area contributed by atoms with Crippen molar-refractivity contribution in [1.29, 1.82) is 0 Å². The molecule has 1 aromatic carbocycles. The van der Waals surface area contributed by atoms with Crippen molar-refractivity contribution in [2.75, 3.05) is 25.0 Å². The van der Waals surface area contributed by atoms with Gasteiger partial charge in [-0.1, -0.05) is 19.1 Å². The Morgan fingerprint density at radius 3 is 2.96 bits per heavy atom. The molecule has 1 aliphatic rings. The maximum atomic E-state index is 12.8. The lowest BCUT2D eigenvalue weighted by atomic mass is 10.1. The van der Waals surface area contributed by atoms with Gasteiger partial charge in [0.25, 0.3) is 5.91 Å². The van der Waals surface area contributed by atoms with Crippen molar-refractivity contribution < 1.29 is 14.3 Å². The third kappa shape index (κ3) is 3.83. The molecule has 1 N–H and O–H groups in total. The quantitative estimate of drug-likeness (QED) is 0.926. The standard InChI is InChI=1S/C18H20N2O3S/c1-2-17(21)19-14-6-3-5-13(11-14)18(22)20-8-9-23-15(12-20)16-7-4-10-24-16/h3-7,10-11,15H,2,8-9,12H2,1H3,(H,19,21). The Morgan fingerprint density at radius 2 is 2.21 bits per heavy atom. The summed E-state index contributed by atoms with van der Waals surface area (Å²) in [5, 5.41) is 4.80. The van der Waals surface area contributed by atoms with E-state index in [2.05, 4.69) is 5.32 Å². The Kier molecular flexibility index (Phi) is 5.27. The van der Waals surface area contributed by atoms with Crippen molar-refractivity contribution in [2.45, 2.75) is 19.4 Å². The fraction of sp³-hybridized carbons (Fsp3) is 0.333. The van der Waals surface area contributed by atoms with Gasteiger partial charge in [-0.05, 0) is 29.6 Å². The monoisotopic (exact) mass is 344 g/mol. The van der Waals surface area contributed by atoms with Crippen molar-refractivity contribution in [3.05, 3.63) is 52.2 Å². The Labute approximate surface area is 145 Å². The molecule has 0 spiro atoms. The molecule has 1 saturated heterocycles. The molecule has 0 radical (unpaired) electrons. The number of nitrogens with one attached hydrogen (secondary N) is 1. The van der Waals surface area contributed by atoms with Gasteiger partial charge in [0.15, 0.2) is 0 Å². The van der Waals surface area contributed by atoms with Gasteiger partial charge in [0.1, 0.15) is 6.10 Å². The van der Waals surface area contributed by atoms with Gasteiger partial charge in [-0.3, -0.25) is 9.59 Å². The molecule has 1 unspecified atom stereocenters. The van der Waals surface area contributed by atoms with Crippen molar-refractivity contribution in [3.8, 4) is 0 Å². The molecule has 1 atom stereocenters. The molecule has 0 saturated carbocycles. The van der Waals surface area contributed by atoms with E-state index in [1.165, 1.54) is 0 Å². The van der Waals surface area contributed by atoms with E-state index in [9.17, 15) is 9.59 Å². The summed E-state index contributed by atoms with van der Waals surface area (Å²) < 4.78 is 5.79. The Balaban J connectivity index is 1.71. The molecular formula is C18H20N2O3S. The molecule has 2 aromatic rings. The Morgan fingerprint density at radius 1 is 1.33 bits per heavy atom. The van der Waals surface area contributed by atoms with Crippen LogP contribution >= 0.6 is 11.3 Å². The molecular weight excluding hydrogens is 324 g/mol. The molecule has 24 heavy (non-hydrogen) atoms. The fourth-order valence-electron chi connectivity index (χ4n) is 2.64. The predicted octanol–water partition coefficient (Wildman–Crippen LogP) is 3.31. The van der Waals surface area contributed by atoms with E-state index < -0.39 is 0 Å². The van der Waals surface area contributed by atoms with Crippen molar-refractivity contribution in [2.24, 2.45) is 0 Å². The summed E-state index contributed by atoms with van der Waals surface area (Å²) in [7, 11) is 0. The summed E-state index contributed by atoms with van der Waals surface area (Å²) in [5.41, 5.74) is 1.23. The zero-order valence-corrected chi connectivity index (χ0v) is 14.3. The summed E-state index contributed by atoms with van der Waals surface area (Å²) in [6.45, 7) is 3.44. The van der Waals surface area contributed by atoms with E-state index in [4.69, 9.17) is 4.74 Å². The molecule has 5 nitrogen and oxygen atoms in total. The molecule has 0 aliphatic carbocycles. The average Bonchev–Trinajstić information content (AvgIpc) is 3.16. The second kappa shape index (κ2) is 7.59. The number of rotatable bonds is 4. The predicted molar refractivity (Wildman–Crippen MR) is 94.3 cm³/mol. The van der Waals surface area contributed by atoms with Crippen LogP contribution in [0.25, 0.3) is 0 Å². The minimum Gasteiger partial charge on any atom is -0.369 e. The fourth-order valence-corrected chi connectivity index (χ4v) is 3.41. The highest BCUT2D eigenvalue weighted by atomic mass is 32.1. The molecule has 3 rings (SSSR count). The van der Waals surface area contributed by atoms with Gasteiger partial charge in [0.2, 0.25) is 5.91 Å². The highest BCUT2D eigenvalue weighted by Gasteiger charge is 2.26. The van der Waals surface area contributed by atoms with Crippen LogP contribution in [0.2, 0.25) is 0 Å². The number of hydrogen-bond donors (Lipinski definition) is 1. The largest absolute Gasteiger partial charge is 0.369 e. The minimum absolute atomic E-state index is 0.0348. The first-order valence-electron chi connectivity index (χ1n) is 8.01. The van der Waals surface area contributed by atoms with Crippen LogP contribution in [-0.4, -0.2) is 36.4 Å². The van der Waals surface area contributed by atoms with E-state index >= 15 is 0 Å². The van der Waals surface area contributed by atoms with E-state index in [0.29, 0.717) is 37.4 Å². The minimum atomic E-state index is -0.0660. The van der Waals surface area contributed by atoms with E-state index in [1.54, 1.807) is 42.5 Å². The van der Waals surface area contributed by atoms with Gasteiger partial charge in [0, 0.05) is 29.1 Å². The van der Waals surface area contributed by atoms with E-state index in [-0.39, 0.29) is 17.9 Å². The molecule has 126 valence electrons. The summed E-state index contributed by atoms with van der Waals surface area (Å²) in [6, 6.07) is 11.1. The average molecular weight is 344 g/mol. The van der Waals surface area contributed by atoms with Gasteiger partial charge < -0.3 is 15.0 Å². The Bertz CT molecular complexity index is 715. The summed E-state index contributed by atoms with van der Waals surface area (Å²) in [4.78, 5) is 27.2. The third-order valence-electron chi connectivity index (χ3n) is 3.93. The third-order valence-corrected chi connectivity index (χ3v) is 4.89. The number of anilines is 1. The van der Waals surface area contributed by atoms with Gasteiger partial charge in [-0.2, -0.15) is 0 Å². The summed E-state index contributed by atoms with van der Waals surface area (Å²) >= 11 is 1.64. The maximum Gasteiger partial charge on any atom is 0.254 e. The molecule has 1 aromatic heterocycles. The summed E-state index contributed by atoms with van der Waals surface area (Å²) in [5.74, 6) is -0.101. The highest BCUT2D eigenvalue weighted by molar-refractivity contribution is 7.10. The number of nitrogens with zero attached hydrogens (tertiary/aromatic N) is 1. The van der Waals surface area contributed by atoms with Crippen LogP contribution < -0.4 is 5.32 Å². The SMILES string of the molecule is CCC(=O)Nc1cccc(C(=O)N2CCOC(c3cccs3)C2)c1. The number of ether oxygens (including phenoxy) is 1. The topological polar surface area (TPSA) is 58.6 Å². The molecule has 0 bridgehead atoms. The van der Waals surface area contributed by atoms with Gasteiger partial charge in [0.05, 0.1) is 13.2 Å². The molecule has 1 aliphatic heterocycles. The highest BCUT2D eigenvalue weighted by Crippen LogP contribution is 2.27. The number of hydrogen-bond acceptors (Lipinski definition) is 4. The normalized spacial score (nSPS) is 17.5. The first kappa shape index (κ1) is 16.7. The van der Waals surface area contributed by atoms with Crippen molar-refractivity contribution in [1.82, 2.24) is 4.90 Å². The number of benzene rings is 1. The number of carbonyl (C=O) groups is 2. The molecule has 2 heterocycles. The van der Waals surface area contributed by atoms with Crippen LogP contribution in [0.3, 0.4) is 0 Å². The van der Waals surface area contributed by atoms with Gasteiger partial charge in [-0.25, -0.2) is 0 Å². The van der Waals surface area contributed by atoms with Crippen LogP contribution in [0.1, 0.15) is 34.7 Å². The number of thiophene rings is 1. The van der Waals surface area contributed by atoms with Gasteiger partial charge >= 0.3 is 0 Å². The van der Waals surface area contributed by atoms with Crippen LogP contribution in [-0.2, 0) is 9.53 Å². The number of amides is 2. The summed E-state index contributed by atoms with van der Waals surface area (Å²) in [6.07, 6.45) is 0.343. The van der Waals surface area contributed by atoms with Crippen LogP contribution in [0, 0.1) is 0 Å². The molecule has 2 amide bonds. The van der Waals surface area contributed by atoms with Crippen LogP contribution in [0.15, 0.2) is 41.8 Å². The number of carbonyl (C=O) groups excluding carboxylic acids is 2. The second-order valence-corrected chi connectivity index (χ2v) is 6.59. The number of morpholine rings is 1. The van der Waals surface area contributed by atoms with Crippen molar-refractivity contribution in [3.63, 3.8) is 0 Å². The lowest BCUT2D eigenvalue weighted by Gasteiger charge is -2.32. The molecule has 6 heteroatoms. The lowest BCUT2D eigenvalue weighted by Crippen LogP contribution is -2.42. The van der Waals surface area contributed by atoms with Crippen LogP contribution in [0.4, 0.5) is 5.69 Å². The smallest absolute Gasteiger partial charge is 0.254 e.